The van der Waals surface area contributed by atoms with E-state index in [-0.39, 0.29) is 29.7 Å². The van der Waals surface area contributed by atoms with Gasteiger partial charge >= 0.3 is 5.97 Å². The smallest absolute Gasteiger partial charge is 0.335 e. The largest absolute Gasteiger partial charge is 0.478 e. The molecule has 0 unspecified atom stereocenters. The van der Waals surface area contributed by atoms with Crippen LogP contribution in [0, 0.1) is 12.7 Å². The Bertz CT molecular complexity index is 1620. The molecule has 4 aromatic rings. The van der Waals surface area contributed by atoms with Gasteiger partial charge in [-0.15, -0.1) is 0 Å². The van der Waals surface area contributed by atoms with E-state index in [4.69, 9.17) is 0 Å². The van der Waals surface area contributed by atoms with Crippen LogP contribution in [-0.4, -0.2) is 61.5 Å². The Kier molecular flexibility index (Phi) is 5.37. The SMILES string of the molecule is Cc1c(F)ccc2[nH]c(C(=O)N3CCc4n[nH]c(C(=O)N(C)C5(c6ccc(C(=O)O)cc6)CC5)c4C3)cc12. The number of rotatable bonds is 5. The summed E-state index contributed by atoms with van der Waals surface area (Å²) in [6.45, 7) is 2.35. The molecule has 1 aliphatic carbocycles. The third-order valence-electron chi connectivity index (χ3n) is 8.00. The molecule has 1 aliphatic heterocycles. The van der Waals surface area contributed by atoms with Gasteiger partial charge in [-0.2, -0.15) is 5.10 Å². The number of nitrogens with zero attached hydrogens (tertiary/aromatic N) is 3. The second-order valence-electron chi connectivity index (χ2n) is 10.1. The first-order valence-corrected chi connectivity index (χ1v) is 12.4. The van der Waals surface area contributed by atoms with E-state index >= 15 is 0 Å². The van der Waals surface area contributed by atoms with Crippen molar-refractivity contribution >= 4 is 28.7 Å². The third-order valence-corrected chi connectivity index (χ3v) is 8.00. The maximum atomic E-state index is 14.0. The van der Waals surface area contributed by atoms with Gasteiger partial charge in [0.05, 0.1) is 23.3 Å². The van der Waals surface area contributed by atoms with Crippen molar-refractivity contribution in [3.8, 4) is 0 Å². The molecule has 6 rings (SSSR count). The molecular formula is C28H26FN5O4. The van der Waals surface area contributed by atoms with E-state index < -0.39 is 11.5 Å². The lowest BCUT2D eigenvalue weighted by molar-refractivity contribution is 0.0678. The molecule has 2 aromatic heterocycles. The lowest BCUT2D eigenvalue weighted by atomic mass is 10.00. The van der Waals surface area contributed by atoms with Gasteiger partial charge in [0.2, 0.25) is 0 Å². The number of H-pyrrole nitrogens is 2. The number of benzene rings is 2. The number of aromatic nitrogens is 3. The number of carboxylic acid groups (broad SMARTS) is 1. The molecule has 38 heavy (non-hydrogen) atoms. The minimum atomic E-state index is -0.997. The zero-order valence-electron chi connectivity index (χ0n) is 21.0. The first kappa shape index (κ1) is 23.9. The van der Waals surface area contributed by atoms with Crippen molar-refractivity contribution in [3.63, 3.8) is 0 Å². The second kappa shape index (κ2) is 8.54. The number of amides is 2. The number of nitrogens with one attached hydrogen (secondary N) is 2. The van der Waals surface area contributed by atoms with Crippen LogP contribution in [0.2, 0.25) is 0 Å². The van der Waals surface area contributed by atoms with Crippen LogP contribution < -0.4 is 0 Å². The van der Waals surface area contributed by atoms with Crippen molar-refractivity contribution in [2.75, 3.05) is 13.6 Å². The summed E-state index contributed by atoms with van der Waals surface area (Å²) >= 11 is 0. The summed E-state index contributed by atoms with van der Waals surface area (Å²) in [5.41, 5.74) is 3.92. The molecule has 0 saturated heterocycles. The lowest BCUT2D eigenvalue weighted by Crippen LogP contribution is -2.39. The summed E-state index contributed by atoms with van der Waals surface area (Å²) in [5, 5.41) is 17.1. The van der Waals surface area contributed by atoms with Crippen molar-refractivity contribution in [2.45, 2.75) is 38.3 Å². The van der Waals surface area contributed by atoms with Crippen LogP contribution in [0.15, 0.2) is 42.5 Å². The summed E-state index contributed by atoms with van der Waals surface area (Å²) in [7, 11) is 1.74. The molecule has 9 nitrogen and oxygen atoms in total. The van der Waals surface area contributed by atoms with Crippen LogP contribution in [0.4, 0.5) is 4.39 Å². The molecule has 0 radical (unpaired) electrons. The average Bonchev–Trinajstić information content (AvgIpc) is 3.44. The molecule has 194 valence electrons. The first-order valence-electron chi connectivity index (χ1n) is 12.4. The normalized spacial score (nSPS) is 15.8. The van der Waals surface area contributed by atoms with Gasteiger partial charge in [0.15, 0.2) is 0 Å². The van der Waals surface area contributed by atoms with Crippen molar-refractivity contribution in [1.82, 2.24) is 25.0 Å². The maximum Gasteiger partial charge on any atom is 0.335 e. The Morgan fingerprint density at radius 2 is 1.87 bits per heavy atom. The van der Waals surface area contributed by atoms with Gasteiger partial charge in [0.25, 0.3) is 11.8 Å². The van der Waals surface area contributed by atoms with E-state index in [1.807, 2.05) is 0 Å². The van der Waals surface area contributed by atoms with E-state index in [9.17, 15) is 23.9 Å². The number of hydrogen-bond donors (Lipinski definition) is 3. The number of carbonyl (C=O) groups excluding carboxylic acids is 2. The Morgan fingerprint density at radius 1 is 1.13 bits per heavy atom. The van der Waals surface area contributed by atoms with Crippen LogP contribution >= 0.6 is 0 Å². The molecule has 1 saturated carbocycles. The Morgan fingerprint density at radius 3 is 2.55 bits per heavy atom. The molecule has 3 heterocycles. The first-order chi connectivity index (χ1) is 18.2. The van der Waals surface area contributed by atoms with Crippen LogP contribution in [-0.2, 0) is 18.5 Å². The van der Waals surface area contributed by atoms with Crippen molar-refractivity contribution in [2.24, 2.45) is 0 Å². The van der Waals surface area contributed by atoms with Gasteiger partial charge in [-0.05, 0) is 61.2 Å². The number of carboxylic acids is 1. The Hall–Kier alpha value is -4.47. The van der Waals surface area contributed by atoms with E-state index in [1.165, 1.54) is 6.07 Å². The molecule has 10 heteroatoms. The number of carbonyl (C=O) groups is 3. The van der Waals surface area contributed by atoms with Crippen molar-refractivity contribution in [1.29, 1.82) is 0 Å². The minimum Gasteiger partial charge on any atom is -0.478 e. The van der Waals surface area contributed by atoms with Crippen LogP contribution in [0.3, 0.4) is 0 Å². The molecule has 0 bridgehead atoms. The van der Waals surface area contributed by atoms with Crippen LogP contribution in [0.1, 0.15) is 66.6 Å². The number of fused-ring (bicyclic) bond motifs is 2. The third kappa shape index (κ3) is 3.67. The summed E-state index contributed by atoms with van der Waals surface area (Å²) in [6.07, 6.45) is 2.04. The number of halogens is 1. The zero-order chi connectivity index (χ0) is 26.8. The summed E-state index contributed by atoms with van der Waals surface area (Å²) < 4.78 is 14.0. The number of hydrogen-bond acceptors (Lipinski definition) is 4. The molecular weight excluding hydrogens is 489 g/mol. The van der Waals surface area contributed by atoms with E-state index in [2.05, 4.69) is 15.2 Å². The van der Waals surface area contributed by atoms with E-state index in [0.717, 1.165) is 24.1 Å². The van der Waals surface area contributed by atoms with Gasteiger partial charge in [-0.25, -0.2) is 9.18 Å². The summed E-state index contributed by atoms with van der Waals surface area (Å²) in [6, 6.07) is 11.3. The highest BCUT2D eigenvalue weighted by Crippen LogP contribution is 2.51. The highest BCUT2D eigenvalue weighted by molar-refractivity contribution is 5.99. The topological polar surface area (TPSA) is 122 Å². The van der Waals surface area contributed by atoms with Gasteiger partial charge < -0.3 is 19.9 Å². The van der Waals surface area contributed by atoms with E-state index in [0.29, 0.717) is 46.4 Å². The summed E-state index contributed by atoms with van der Waals surface area (Å²) in [4.78, 5) is 44.7. The van der Waals surface area contributed by atoms with Gasteiger partial charge in [0, 0.05) is 36.5 Å². The van der Waals surface area contributed by atoms with Gasteiger partial charge in [0.1, 0.15) is 17.2 Å². The monoisotopic (exact) mass is 515 g/mol. The highest BCUT2D eigenvalue weighted by atomic mass is 19.1. The quantitative estimate of drug-likeness (QED) is 0.371. The minimum absolute atomic E-state index is 0.196. The molecule has 2 aromatic carbocycles. The average molecular weight is 516 g/mol. The van der Waals surface area contributed by atoms with Crippen molar-refractivity contribution in [3.05, 3.63) is 87.6 Å². The molecule has 2 aliphatic rings. The number of aryl methyl sites for hydroxylation is 1. The molecule has 2 amide bonds. The Balaban J connectivity index is 1.24. The molecule has 3 N–H and O–H groups in total. The number of aromatic amines is 2. The molecule has 1 fully saturated rings. The van der Waals surface area contributed by atoms with E-state index in [1.54, 1.807) is 60.2 Å². The standard InChI is InChI=1S/C28H26FN5O4/c1-15-18-13-23(30-21(18)8-7-20(15)29)25(35)34-12-9-22-19(14-34)24(32-31-22)26(36)33(2)28(10-11-28)17-5-3-16(4-6-17)27(37)38/h3-8,13,30H,9-12,14H2,1-2H3,(H,31,32)(H,37,38). The van der Waals surface area contributed by atoms with Gasteiger partial charge in [-0.1, -0.05) is 12.1 Å². The van der Waals surface area contributed by atoms with Crippen LogP contribution in [0.5, 0.6) is 0 Å². The summed E-state index contributed by atoms with van der Waals surface area (Å²) in [5.74, 6) is -1.78. The second-order valence-corrected chi connectivity index (χ2v) is 10.1. The van der Waals surface area contributed by atoms with Gasteiger partial charge in [-0.3, -0.25) is 14.7 Å². The fraction of sp³-hybridized carbons (Fsp3) is 0.286. The zero-order valence-corrected chi connectivity index (χ0v) is 21.0. The fourth-order valence-electron chi connectivity index (χ4n) is 5.47. The predicted octanol–water partition coefficient (Wildman–Crippen LogP) is 4.00. The Labute approximate surface area is 217 Å². The fourth-order valence-corrected chi connectivity index (χ4v) is 5.47. The number of aromatic carboxylic acids is 1. The van der Waals surface area contributed by atoms with Crippen LogP contribution in [0.25, 0.3) is 10.9 Å². The lowest BCUT2D eigenvalue weighted by Gasteiger charge is -2.30. The molecule has 0 spiro atoms. The molecule has 0 atom stereocenters. The van der Waals surface area contributed by atoms with Crippen molar-refractivity contribution < 1.29 is 23.9 Å². The maximum absolute atomic E-state index is 14.0. The highest BCUT2D eigenvalue weighted by Gasteiger charge is 2.50. The predicted molar refractivity (Wildman–Crippen MR) is 136 cm³/mol.